The lowest BCUT2D eigenvalue weighted by molar-refractivity contribution is 0.669. The maximum Gasteiger partial charge on any atom is 0.143 e. The van der Waals surface area contributed by atoms with Gasteiger partial charge in [0.1, 0.15) is 45.1 Å². The predicted octanol–water partition coefficient (Wildman–Crippen LogP) is 27.7. The molecule has 17 aromatic carbocycles. The Hall–Kier alpha value is -15.4. The van der Waals surface area contributed by atoms with Crippen molar-refractivity contribution in [3.05, 3.63) is 357 Å². The van der Waals surface area contributed by atoms with E-state index < -0.39 is 0 Å². The Morgan fingerprint density at radius 1 is 0.188 bits per heavy atom. The summed E-state index contributed by atoms with van der Waals surface area (Å²) in [6.07, 6.45) is 0. The number of hydrogen-bond donors (Lipinski definition) is 0. The highest BCUT2D eigenvalue weighted by Gasteiger charge is 2.37. The third-order valence-electron chi connectivity index (χ3n) is 23.9. The molecule has 0 unspecified atom stereocenters. The molecule has 0 atom stereocenters. The number of nitrogens with zero attached hydrogens (tertiary/aromatic N) is 6. The molecule has 0 N–H and O–H groups in total. The van der Waals surface area contributed by atoms with E-state index in [1.165, 1.54) is 0 Å². The summed E-state index contributed by atoms with van der Waals surface area (Å²) in [6, 6.07) is 130. The van der Waals surface area contributed by atoms with Crippen LogP contribution in [0.25, 0.3) is 237 Å². The number of furan rings is 3. The van der Waals surface area contributed by atoms with Gasteiger partial charge in [0, 0.05) is 103 Å². The van der Waals surface area contributed by atoms with Crippen LogP contribution in [0.5, 0.6) is 0 Å². The van der Waals surface area contributed by atoms with Crippen molar-refractivity contribution in [2.45, 2.75) is 0 Å². The fourth-order valence-corrected chi connectivity index (χ4v) is 19.3. The predicted molar refractivity (Wildman–Crippen MR) is 461 cm³/mol. The van der Waals surface area contributed by atoms with Crippen molar-refractivity contribution < 1.29 is 13.3 Å². The first-order chi connectivity index (χ1) is 55.6. The van der Waals surface area contributed by atoms with Crippen LogP contribution < -0.4 is 0 Å². The second-order valence-electron chi connectivity index (χ2n) is 29.6. The Labute approximate surface area is 637 Å². The van der Waals surface area contributed by atoms with Crippen molar-refractivity contribution in [2.75, 3.05) is 0 Å². The molecular formula is C103H58N6O3. The minimum absolute atomic E-state index is 0.456. The quantitative estimate of drug-likeness (QED) is 0.152. The lowest BCUT2D eigenvalue weighted by Crippen LogP contribution is -2.18. The van der Waals surface area contributed by atoms with Crippen LogP contribution in [0.15, 0.2) is 365 Å². The van der Waals surface area contributed by atoms with Gasteiger partial charge in [0.25, 0.3) is 0 Å². The van der Waals surface area contributed by atoms with Crippen LogP contribution in [0.1, 0.15) is 5.56 Å². The topological polar surface area (TPSA) is 87.9 Å². The highest BCUT2D eigenvalue weighted by molar-refractivity contribution is 6.21. The van der Waals surface area contributed by atoms with Crippen LogP contribution in [-0.2, 0) is 0 Å². The first-order valence-electron chi connectivity index (χ1n) is 38.0. The number of hydrogen-bond acceptors (Lipinski definition) is 4. The molecule has 0 bridgehead atoms. The zero-order valence-electron chi connectivity index (χ0n) is 59.9. The number of para-hydroxylation sites is 13. The number of benzene rings is 17. The Morgan fingerprint density at radius 2 is 0.402 bits per heavy atom. The smallest absolute Gasteiger partial charge is 0.143 e. The maximum absolute atomic E-state index is 13.8. The van der Waals surface area contributed by atoms with Gasteiger partial charge >= 0.3 is 0 Å². The van der Waals surface area contributed by atoms with E-state index in [9.17, 15) is 5.26 Å². The molecule has 25 rings (SSSR count). The lowest BCUT2D eigenvalue weighted by Gasteiger charge is -2.30. The SMILES string of the molecule is N#Cc1c(-n2c3ccccc3c3cc(-c4cccc5c4oc4ccccc45)ccc32)c(-n2c3ccccc3c3ccccc32)c(-n2c3ccccc3c3cc(-c4cccc5c4oc4ccccc45)ccc32)c(-n2c3ccccc3c3ccccc32)c1-n1c2ccccc2c2cc(-c3cccc4c3oc3ccccc34)ccc21. The monoisotopic (exact) mass is 1430 g/mol. The molecule has 0 amide bonds. The third kappa shape index (κ3) is 8.22. The van der Waals surface area contributed by atoms with Crippen LogP contribution in [0.4, 0.5) is 0 Å². The van der Waals surface area contributed by atoms with E-state index in [1.54, 1.807) is 0 Å². The molecule has 0 aliphatic rings. The molecule has 9 heteroatoms. The number of rotatable bonds is 8. The van der Waals surface area contributed by atoms with E-state index in [2.05, 4.69) is 350 Å². The van der Waals surface area contributed by atoms with Crippen molar-refractivity contribution in [2.24, 2.45) is 0 Å². The summed E-state index contributed by atoms with van der Waals surface area (Å²) < 4.78 is 32.9. The van der Waals surface area contributed by atoms with E-state index in [0.29, 0.717) is 16.9 Å². The number of fused-ring (bicyclic) bond motifs is 24. The Bertz CT molecular complexity index is 8020. The van der Waals surface area contributed by atoms with E-state index in [0.717, 1.165) is 225 Å². The molecule has 112 heavy (non-hydrogen) atoms. The van der Waals surface area contributed by atoms with Crippen molar-refractivity contribution in [1.29, 1.82) is 5.26 Å². The van der Waals surface area contributed by atoms with Gasteiger partial charge in [-0.2, -0.15) is 5.26 Å². The highest BCUT2D eigenvalue weighted by atomic mass is 16.3. The highest BCUT2D eigenvalue weighted by Crippen LogP contribution is 2.54. The minimum atomic E-state index is 0.456. The number of aromatic nitrogens is 5. The molecule has 0 aliphatic carbocycles. The third-order valence-corrected chi connectivity index (χ3v) is 23.9. The van der Waals surface area contributed by atoms with E-state index in [4.69, 9.17) is 13.3 Å². The van der Waals surface area contributed by atoms with Gasteiger partial charge in [-0.05, 0) is 114 Å². The Balaban J connectivity index is 0.911. The largest absolute Gasteiger partial charge is 0.455 e. The molecule has 9 nitrogen and oxygen atoms in total. The summed E-state index contributed by atoms with van der Waals surface area (Å²) in [6.45, 7) is 0. The van der Waals surface area contributed by atoms with E-state index in [-0.39, 0.29) is 0 Å². The zero-order valence-corrected chi connectivity index (χ0v) is 59.9. The second kappa shape index (κ2) is 22.8. The molecule has 0 aliphatic heterocycles. The summed E-state index contributed by atoms with van der Waals surface area (Å²) in [5, 5.41) is 30.7. The van der Waals surface area contributed by atoms with E-state index >= 15 is 0 Å². The molecule has 8 aromatic heterocycles. The molecule has 0 radical (unpaired) electrons. The van der Waals surface area contributed by atoms with E-state index in [1.807, 2.05) is 30.3 Å². The van der Waals surface area contributed by atoms with Crippen LogP contribution in [0.2, 0.25) is 0 Å². The summed E-state index contributed by atoms with van der Waals surface area (Å²) in [5.41, 5.74) is 24.9. The van der Waals surface area contributed by atoms with Crippen molar-refractivity contribution >= 4 is 175 Å². The molecule has 518 valence electrons. The molecule has 0 saturated carbocycles. The molecule has 0 saturated heterocycles. The van der Waals surface area contributed by atoms with Crippen LogP contribution >= 0.6 is 0 Å². The second-order valence-corrected chi connectivity index (χ2v) is 29.6. The fourth-order valence-electron chi connectivity index (χ4n) is 19.3. The van der Waals surface area contributed by atoms with Gasteiger partial charge in [0.15, 0.2) is 0 Å². The zero-order chi connectivity index (χ0) is 73.1. The molecule has 0 spiro atoms. The minimum Gasteiger partial charge on any atom is -0.455 e. The van der Waals surface area contributed by atoms with Gasteiger partial charge in [0.05, 0.1) is 83.6 Å². The lowest BCUT2D eigenvalue weighted by atomic mass is 9.99. The molecule has 0 fully saturated rings. The average Bonchev–Trinajstić information content (AvgIpc) is 1.46. The Kier molecular flexibility index (Phi) is 12.4. The van der Waals surface area contributed by atoms with Gasteiger partial charge in [0.2, 0.25) is 0 Å². The van der Waals surface area contributed by atoms with Crippen molar-refractivity contribution in [3.63, 3.8) is 0 Å². The van der Waals surface area contributed by atoms with Gasteiger partial charge in [-0.15, -0.1) is 0 Å². The van der Waals surface area contributed by atoms with Crippen LogP contribution in [0, 0.1) is 11.3 Å². The first kappa shape index (κ1) is 60.7. The number of nitriles is 1. The Morgan fingerprint density at radius 3 is 0.679 bits per heavy atom. The van der Waals surface area contributed by atoms with Crippen molar-refractivity contribution in [3.8, 4) is 67.9 Å². The normalized spacial score (nSPS) is 12.3. The van der Waals surface area contributed by atoms with Gasteiger partial charge in [-0.3, -0.25) is 0 Å². The standard InChI is InChI=1S/C103H58N6O3/c104-59-82-96(105-87-44-15-5-28-70(87)79-56-60(50-53-90(79)105)63-34-21-37-76-73-31-8-18-47-93(73)110-101(63)76)98(107-83-40-11-1-24-66(83)67-25-2-12-41-84(67)107)100(109-89-46-17-7-30-72(89)81-58-62(52-55-92(81)109)65-36-23-39-78-75-33-10-20-49-95(75)112-103(65)78)99(108-85-42-13-3-26-68(85)69-27-4-14-43-86(69)108)97(82)106-88-45-16-6-29-71(88)80-57-61(51-54-91(80)106)64-35-22-38-77-74-32-9-19-48-94(74)111-102(64)77/h1-58H. The average molecular weight is 1430 g/mol. The van der Waals surface area contributed by atoms with Gasteiger partial charge < -0.3 is 36.1 Å². The summed E-state index contributed by atoms with van der Waals surface area (Å²) in [5.74, 6) is 0. The molecule has 8 heterocycles. The summed E-state index contributed by atoms with van der Waals surface area (Å²) >= 11 is 0. The summed E-state index contributed by atoms with van der Waals surface area (Å²) in [7, 11) is 0. The fraction of sp³-hybridized carbons (Fsp3) is 0. The molecular weight excluding hydrogens is 1370 g/mol. The maximum atomic E-state index is 13.8. The van der Waals surface area contributed by atoms with Gasteiger partial charge in [-0.1, -0.05) is 255 Å². The van der Waals surface area contributed by atoms with Crippen molar-refractivity contribution in [1.82, 2.24) is 22.8 Å². The van der Waals surface area contributed by atoms with Crippen LogP contribution in [-0.4, -0.2) is 22.8 Å². The van der Waals surface area contributed by atoms with Gasteiger partial charge in [-0.25, -0.2) is 0 Å². The molecule has 25 aromatic rings. The van der Waals surface area contributed by atoms with Crippen LogP contribution in [0.3, 0.4) is 0 Å². The summed E-state index contributed by atoms with van der Waals surface area (Å²) in [4.78, 5) is 0. The first-order valence-corrected chi connectivity index (χ1v) is 38.0.